The summed E-state index contributed by atoms with van der Waals surface area (Å²) in [4.78, 5) is 11.6. The Hall–Kier alpha value is -1.84. The van der Waals surface area contributed by atoms with E-state index in [1.807, 2.05) is 24.3 Å². The lowest BCUT2D eigenvalue weighted by molar-refractivity contribution is -0.121. The maximum absolute atomic E-state index is 11.6. The summed E-state index contributed by atoms with van der Waals surface area (Å²) in [5.74, 6) is 0.787. The highest BCUT2D eigenvalue weighted by Gasteiger charge is 1.99. The molecule has 0 fully saturated rings. The highest BCUT2D eigenvalue weighted by molar-refractivity contribution is 5.82. The fraction of sp³-hybridized carbons (Fsp3) is 0.529. The number of carbonyl (C=O) groups excluding carboxylic acids is 1. The summed E-state index contributed by atoms with van der Waals surface area (Å²) in [5, 5.41) is 3.96. The lowest BCUT2D eigenvalue weighted by Gasteiger charge is -2.01. The van der Waals surface area contributed by atoms with Gasteiger partial charge in [0.25, 0.3) is 0 Å². The highest BCUT2D eigenvalue weighted by Crippen LogP contribution is 2.09. The SMILES string of the molecule is CCCCCCCCC(=O)NN=Cc1ccc(OC)cc1. The van der Waals surface area contributed by atoms with Gasteiger partial charge in [0.05, 0.1) is 13.3 Å². The van der Waals surface area contributed by atoms with Gasteiger partial charge in [-0.2, -0.15) is 5.10 Å². The van der Waals surface area contributed by atoms with Crippen molar-refractivity contribution in [1.82, 2.24) is 5.43 Å². The van der Waals surface area contributed by atoms with E-state index in [4.69, 9.17) is 4.74 Å². The normalized spacial score (nSPS) is 10.8. The molecule has 1 amide bonds. The summed E-state index contributed by atoms with van der Waals surface area (Å²) in [6.07, 6.45) is 9.27. The van der Waals surface area contributed by atoms with E-state index < -0.39 is 0 Å². The van der Waals surface area contributed by atoms with Crippen LogP contribution in [0.5, 0.6) is 5.75 Å². The summed E-state index contributed by atoms with van der Waals surface area (Å²) in [6, 6.07) is 7.50. The smallest absolute Gasteiger partial charge is 0.240 e. The Bertz CT molecular complexity index is 427. The number of carbonyl (C=O) groups is 1. The summed E-state index contributed by atoms with van der Waals surface area (Å²) < 4.78 is 5.08. The lowest BCUT2D eigenvalue weighted by Crippen LogP contribution is -2.16. The largest absolute Gasteiger partial charge is 0.497 e. The van der Waals surface area contributed by atoms with Gasteiger partial charge in [0, 0.05) is 6.42 Å². The highest BCUT2D eigenvalue weighted by atomic mass is 16.5. The lowest BCUT2D eigenvalue weighted by atomic mass is 10.1. The van der Waals surface area contributed by atoms with E-state index in [2.05, 4.69) is 17.5 Å². The first-order valence-electron chi connectivity index (χ1n) is 7.72. The maximum atomic E-state index is 11.6. The van der Waals surface area contributed by atoms with Crippen LogP contribution in [-0.4, -0.2) is 19.2 Å². The molecule has 1 N–H and O–H groups in total. The third-order valence-electron chi connectivity index (χ3n) is 3.28. The molecule has 4 heteroatoms. The molecule has 0 spiro atoms. The third-order valence-corrected chi connectivity index (χ3v) is 3.28. The molecule has 0 radical (unpaired) electrons. The summed E-state index contributed by atoms with van der Waals surface area (Å²) in [7, 11) is 1.63. The van der Waals surface area contributed by atoms with Crippen molar-refractivity contribution in [1.29, 1.82) is 0 Å². The second kappa shape index (κ2) is 10.9. The topological polar surface area (TPSA) is 50.7 Å². The first kappa shape index (κ1) is 17.2. The third kappa shape index (κ3) is 8.12. The molecular formula is C17H26N2O2. The Balaban J connectivity index is 2.15. The summed E-state index contributed by atoms with van der Waals surface area (Å²) in [5.41, 5.74) is 3.49. The van der Waals surface area contributed by atoms with Crippen molar-refractivity contribution in [3.63, 3.8) is 0 Å². The van der Waals surface area contributed by atoms with Gasteiger partial charge < -0.3 is 4.74 Å². The number of rotatable bonds is 10. The van der Waals surface area contributed by atoms with E-state index in [9.17, 15) is 4.79 Å². The Morgan fingerprint density at radius 3 is 2.48 bits per heavy atom. The number of amides is 1. The molecule has 0 saturated heterocycles. The maximum Gasteiger partial charge on any atom is 0.240 e. The predicted octanol–water partition coefficient (Wildman–Crippen LogP) is 3.90. The number of hydrogen-bond donors (Lipinski definition) is 1. The molecule has 0 aliphatic rings. The van der Waals surface area contributed by atoms with Crippen molar-refractivity contribution >= 4 is 12.1 Å². The molecule has 4 nitrogen and oxygen atoms in total. The second-order valence-corrected chi connectivity index (χ2v) is 5.08. The number of methoxy groups -OCH3 is 1. The first-order valence-corrected chi connectivity index (χ1v) is 7.72. The Kier molecular flexibility index (Phi) is 8.93. The molecule has 21 heavy (non-hydrogen) atoms. The molecule has 0 aromatic heterocycles. The monoisotopic (exact) mass is 290 g/mol. The van der Waals surface area contributed by atoms with Crippen molar-refractivity contribution in [2.45, 2.75) is 51.9 Å². The van der Waals surface area contributed by atoms with Gasteiger partial charge in [-0.3, -0.25) is 4.79 Å². The number of ether oxygens (including phenoxy) is 1. The van der Waals surface area contributed by atoms with E-state index in [0.717, 1.165) is 24.2 Å². The Labute approximate surface area is 127 Å². The molecule has 0 saturated carbocycles. The van der Waals surface area contributed by atoms with Crippen molar-refractivity contribution in [3.05, 3.63) is 29.8 Å². The van der Waals surface area contributed by atoms with Gasteiger partial charge in [0.1, 0.15) is 5.75 Å². The molecular weight excluding hydrogens is 264 g/mol. The fourth-order valence-corrected chi connectivity index (χ4v) is 1.99. The van der Waals surface area contributed by atoms with Gasteiger partial charge in [0.15, 0.2) is 0 Å². The van der Waals surface area contributed by atoms with Crippen LogP contribution in [0.15, 0.2) is 29.4 Å². The van der Waals surface area contributed by atoms with Crippen molar-refractivity contribution in [3.8, 4) is 5.75 Å². The van der Waals surface area contributed by atoms with Gasteiger partial charge in [-0.25, -0.2) is 5.43 Å². The minimum Gasteiger partial charge on any atom is -0.497 e. The average molecular weight is 290 g/mol. The van der Waals surface area contributed by atoms with Crippen LogP contribution in [0.4, 0.5) is 0 Å². The second-order valence-electron chi connectivity index (χ2n) is 5.08. The molecule has 0 aliphatic carbocycles. The molecule has 1 aromatic carbocycles. The van der Waals surface area contributed by atoms with E-state index in [1.54, 1.807) is 13.3 Å². The van der Waals surface area contributed by atoms with Crippen LogP contribution in [0, 0.1) is 0 Å². The standard InChI is InChI=1S/C17H26N2O2/c1-3-4-5-6-7-8-9-17(20)19-18-14-15-10-12-16(21-2)13-11-15/h10-14H,3-9H2,1-2H3,(H,19,20). The van der Waals surface area contributed by atoms with Gasteiger partial charge >= 0.3 is 0 Å². The zero-order valence-corrected chi connectivity index (χ0v) is 13.1. The molecule has 1 aromatic rings. The van der Waals surface area contributed by atoms with E-state index >= 15 is 0 Å². The average Bonchev–Trinajstić information content (AvgIpc) is 2.51. The Morgan fingerprint density at radius 1 is 1.14 bits per heavy atom. The van der Waals surface area contributed by atoms with Crippen LogP contribution >= 0.6 is 0 Å². The number of nitrogens with zero attached hydrogens (tertiary/aromatic N) is 1. The molecule has 0 unspecified atom stereocenters. The fourth-order valence-electron chi connectivity index (χ4n) is 1.99. The molecule has 116 valence electrons. The Morgan fingerprint density at radius 2 is 1.81 bits per heavy atom. The van der Waals surface area contributed by atoms with Crippen LogP contribution < -0.4 is 10.2 Å². The molecule has 1 rings (SSSR count). The molecule has 0 aliphatic heterocycles. The quantitative estimate of drug-likeness (QED) is 0.404. The van der Waals surface area contributed by atoms with Gasteiger partial charge in [-0.05, 0) is 36.2 Å². The van der Waals surface area contributed by atoms with Crippen LogP contribution in [-0.2, 0) is 4.79 Å². The predicted molar refractivity (Wildman–Crippen MR) is 86.7 cm³/mol. The number of hydrogen-bond acceptors (Lipinski definition) is 3. The summed E-state index contributed by atoms with van der Waals surface area (Å²) in [6.45, 7) is 2.20. The zero-order chi connectivity index (χ0) is 15.3. The van der Waals surface area contributed by atoms with E-state index in [-0.39, 0.29) is 5.91 Å². The number of hydrazone groups is 1. The van der Waals surface area contributed by atoms with Gasteiger partial charge in [-0.1, -0.05) is 39.0 Å². The van der Waals surface area contributed by atoms with Gasteiger partial charge in [0.2, 0.25) is 5.91 Å². The van der Waals surface area contributed by atoms with Crippen LogP contribution in [0.2, 0.25) is 0 Å². The first-order chi connectivity index (χ1) is 10.3. The van der Waals surface area contributed by atoms with Gasteiger partial charge in [-0.15, -0.1) is 0 Å². The van der Waals surface area contributed by atoms with Crippen LogP contribution in [0.25, 0.3) is 0 Å². The molecule has 0 heterocycles. The number of benzene rings is 1. The number of unbranched alkanes of at least 4 members (excludes halogenated alkanes) is 5. The van der Waals surface area contributed by atoms with Crippen molar-refractivity contribution in [2.75, 3.05) is 7.11 Å². The van der Waals surface area contributed by atoms with Crippen molar-refractivity contribution < 1.29 is 9.53 Å². The van der Waals surface area contributed by atoms with Crippen molar-refractivity contribution in [2.24, 2.45) is 5.10 Å². The van der Waals surface area contributed by atoms with Crippen LogP contribution in [0.1, 0.15) is 57.4 Å². The number of nitrogens with one attached hydrogen (secondary N) is 1. The molecule has 0 bridgehead atoms. The zero-order valence-electron chi connectivity index (χ0n) is 13.1. The van der Waals surface area contributed by atoms with E-state index in [1.165, 1.54) is 25.7 Å². The van der Waals surface area contributed by atoms with E-state index in [0.29, 0.717) is 6.42 Å². The minimum atomic E-state index is -0.0183. The summed E-state index contributed by atoms with van der Waals surface area (Å²) >= 11 is 0. The minimum absolute atomic E-state index is 0.0183. The van der Waals surface area contributed by atoms with Crippen LogP contribution in [0.3, 0.4) is 0 Å². The molecule has 0 atom stereocenters.